The number of hydrogen-bond donors (Lipinski definition) is 2. The molecular formula is C11H20N4O2. The van der Waals surface area contributed by atoms with E-state index in [0.29, 0.717) is 13.2 Å². The molecule has 1 aliphatic heterocycles. The van der Waals surface area contributed by atoms with Crippen LogP contribution in [0.15, 0.2) is 0 Å². The summed E-state index contributed by atoms with van der Waals surface area (Å²) in [6, 6.07) is 0. The van der Waals surface area contributed by atoms with E-state index in [-0.39, 0.29) is 6.10 Å². The molecule has 2 rings (SSSR count). The van der Waals surface area contributed by atoms with Crippen LogP contribution in [0.3, 0.4) is 0 Å². The number of aryl methyl sites for hydroxylation is 2. The average Bonchev–Trinajstić information content (AvgIpc) is 2.88. The Labute approximate surface area is 101 Å². The number of rotatable bonds is 5. The van der Waals surface area contributed by atoms with Crippen LogP contribution in [0.25, 0.3) is 0 Å². The number of nitrogens with zero attached hydrogens (tertiary/aromatic N) is 2. The van der Waals surface area contributed by atoms with Crippen LogP contribution in [0, 0.1) is 6.92 Å². The second-order valence-electron chi connectivity index (χ2n) is 4.33. The van der Waals surface area contributed by atoms with Gasteiger partial charge in [-0.2, -0.15) is 5.10 Å². The predicted molar refractivity (Wildman–Crippen MR) is 64.4 cm³/mol. The molecule has 0 aromatic carbocycles. The van der Waals surface area contributed by atoms with Crippen molar-refractivity contribution in [2.45, 2.75) is 32.5 Å². The van der Waals surface area contributed by atoms with Crippen molar-refractivity contribution in [2.75, 3.05) is 18.6 Å². The summed E-state index contributed by atoms with van der Waals surface area (Å²) in [5, 5.41) is 4.30. The first-order valence-electron chi connectivity index (χ1n) is 5.90. The Morgan fingerprint density at radius 3 is 3.12 bits per heavy atom. The predicted octanol–water partition coefficient (Wildman–Crippen LogP) is 0.710. The molecule has 1 aromatic heterocycles. The van der Waals surface area contributed by atoms with Crippen LogP contribution < -0.4 is 11.3 Å². The molecule has 6 nitrogen and oxygen atoms in total. The van der Waals surface area contributed by atoms with Crippen LogP contribution >= 0.6 is 0 Å². The maximum Gasteiger partial charge on any atom is 0.143 e. The van der Waals surface area contributed by atoms with Crippen LogP contribution in [-0.2, 0) is 23.1 Å². The monoisotopic (exact) mass is 240 g/mol. The number of ether oxygens (including phenoxy) is 2. The van der Waals surface area contributed by atoms with Gasteiger partial charge in [0.1, 0.15) is 5.82 Å². The molecule has 0 aliphatic carbocycles. The number of nitrogens with one attached hydrogen (secondary N) is 1. The lowest BCUT2D eigenvalue weighted by Gasteiger charge is -2.10. The fraction of sp³-hybridized carbons (Fsp3) is 0.727. The zero-order valence-electron chi connectivity index (χ0n) is 10.4. The average molecular weight is 240 g/mol. The molecule has 0 radical (unpaired) electrons. The minimum absolute atomic E-state index is 0.251. The highest BCUT2D eigenvalue weighted by Crippen LogP contribution is 2.19. The molecule has 1 aliphatic rings. The molecule has 17 heavy (non-hydrogen) atoms. The van der Waals surface area contributed by atoms with Gasteiger partial charge >= 0.3 is 0 Å². The minimum atomic E-state index is 0.251. The summed E-state index contributed by atoms with van der Waals surface area (Å²) in [4.78, 5) is 0. The molecule has 3 N–H and O–H groups in total. The van der Waals surface area contributed by atoms with Crippen molar-refractivity contribution in [3.05, 3.63) is 11.3 Å². The number of nitrogens with two attached hydrogens (primary N) is 1. The summed E-state index contributed by atoms with van der Waals surface area (Å²) >= 11 is 0. The zero-order chi connectivity index (χ0) is 12.3. The van der Waals surface area contributed by atoms with Gasteiger partial charge in [0.2, 0.25) is 0 Å². The molecule has 1 aromatic rings. The first-order valence-corrected chi connectivity index (χ1v) is 5.90. The number of aromatic nitrogens is 2. The molecule has 0 spiro atoms. The van der Waals surface area contributed by atoms with Crippen LogP contribution in [0.2, 0.25) is 0 Å². The van der Waals surface area contributed by atoms with Crippen molar-refractivity contribution in [3.63, 3.8) is 0 Å². The fourth-order valence-corrected chi connectivity index (χ4v) is 2.12. The highest BCUT2D eigenvalue weighted by Gasteiger charge is 2.17. The highest BCUT2D eigenvalue weighted by molar-refractivity contribution is 5.45. The van der Waals surface area contributed by atoms with E-state index in [0.717, 1.165) is 36.5 Å². The molecule has 1 saturated heterocycles. The second-order valence-corrected chi connectivity index (χ2v) is 4.33. The lowest BCUT2D eigenvalue weighted by atomic mass is 10.2. The molecule has 0 amide bonds. The summed E-state index contributed by atoms with van der Waals surface area (Å²) < 4.78 is 12.9. The highest BCUT2D eigenvalue weighted by atomic mass is 16.5. The Morgan fingerprint density at radius 1 is 1.65 bits per heavy atom. The van der Waals surface area contributed by atoms with E-state index in [1.807, 2.05) is 14.0 Å². The smallest absolute Gasteiger partial charge is 0.143 e. The van der Waals surface area contributed by atoms with E-state index < -0.39 is 0 Å². The lowest BCUT2D eigenvalue weighted by molar-refractivity contribution is 0.0106. The molecule has 6 heteroatoms. The van der Waals surface area contributed by atoms with Crippen molar-refractivity contribution in [3.8, 4) is 0 Å². The summed E-state index contributed by atoms with van der Waals surface area (Å²) in [6.45, 7) is 3.96. The van der Waals surface area contributed by atoms with Crippen molar-refractivity contribution < 1.29 is 9.47 Å². The summed E-state index contributed by atoms with van der Waals surface area (Å²) in [7, 11) is 1.85. The van der Waals surface area contributed by atoms with Gasteiger partial charge in [0.25, 0.3) is 0 Å². The van der Waals surface area contributed by atoms with Crippen molar-refractivity contribution >= 4 is 5.82 Å². The largest absolute Gasteiger partial charge is 0.376 e. The van der Waals surface area contributed by atoms with E-state index in [9.17, 15) is 0 Å². The summed E-state index contributed by atoms with van der Waals surface area (Å²) in [6.07, 6.45) is 2.48. The van der Waals surface area contributed by atoms with Crippen LogP contribution in [0.1, 0.15) is 24.1 Å². The molecule has 1 fully saturated rings. The summed E-state index contributed by atoms with van der Waals surface area (Å²) in [5.74, 6) is 6.27. The third kappa shape index (κ3) is 2.77. The minimum Gasteiger partial charge on any atom is -0.376 e. The first kappa shape index (κ1) is 12.3. The van der Waals surface area contributed by atoms with Gasteiger partial charge in [-0.15, -0.1) is 0 Å². The third-order valence-corrected chi connectivity index (χ3v) is 3.06. The lowest BCUT2D eigenvalue weighted by Crippen LogP contribution is -2.16. The molecule has 96 valence electrons. The molecule has 1 unspecified atom stereocenters. The number of hydrazine groups is 1. The van der Waals surface area contributed by atoms with Gasteiger partial charge in [-0.3, -0.25) is 4.68 Å². The Bertz CT molecular complexity index is 372. The standard InChI is InChI=1S/C11H20N4O2/c1-8-10(11(13-12)15(2)14-8)7-16-6-9-4-3-5-17-9/h9,13H,3-7,12H2,1-2H3. The molecular weight excluding hydrogens is 220 g/mol. The third-order valence-electron chi connectivity index (χ3n) is 3.06. The van der Waals surface area contributed by atoms with Gasteiger partial charge in [0, 0.05) is 19.2 Å². The maximum atomic E-state index is 5.67. The quantitative estimate of drug-likeness (QED) is 0.585. The van der Waals surface area contributed by atoms with Crippen molar-refractivity contribution in [2.24, 2.45) is 12.9 Å². The summed E-state index contributed by atoms with van der Waals surface area (Å²) in [5.41, 5.74) is 4.60. The van der Waals surface area contributed by atoms with Crippen LogP contribution in [0.4, 0.5) is 5.82 Å². The van der Waals surface area contributed by atoms with E-state index in [4.69, 9.17) is 15.3 Å². The Kier molecular flexibility index (Phi) is 3.98. The zero-order valence-corrected chi connectivity index (χ0v) is 10.4. The molecule has 2 heterocycles. The first-order chi connectivity index (χ1) is 8.22. The van der Waals surface area contributed by atoms with Gasteiger partial charge in [-0.1, -0.05) is 0 Å². The topological polar surface area (TPSA) is 74.3 Å². The van der Waals surface area contributed by atoms with Gasteiger partial charge < -0.3 is 14.9 Å². The van der Waals surface area contributed by atoms with Gasteiger partial charge in [0.05, 0.1) is 25.0 Å². The van der Waals surface area contributed by atoms with Crippen LogP contribution in [0.5, 0.6) is 0 Å². The van der Waals surface area contributed by atoms with E-state index >= 15 is 0 Å². The number of nitrogen functional groups attached to an aromatic ring is 1. The molecule has 0 saturated carbocycles. The van der Waals surface area contributed by atoms with E-state index in [1.54, 1.807) is 4.68 Å². The molecule has 0 bridgehead atoms. The second kappa shape index (κ2) is 5.48. The fourth-order valence-electron chi connectivity index (χ4n) is 2.12. The molecule has 1 atom stereocenters. The van der Waals surface area contributed by atoms with Gasteiger partial charge in [-0.05, 0) is 19.8 Å². The Morgan fingerprint density at radius 2 is 2.47 bits per heavy atom. The van der Waals surface area contributed by atoms with Gasteiger partial charge in [-0.25, -0.2) is 5.84 Å². The normalized spacial score (nSPS) is 19.8. The van der Waals surface area contributed by atoms with Crippen molar-refractivity contribution in [1.29, 1.82) is 0 Å². The Balaban J connectivity index is 1.89. The van der Waals surface area contributed by atoms with Gasteiger partial charge in [0.15, 0.2) is 0 Å². The van der Waals surface area contributed by atoms with Crippen molar-refractivity contribution in [1.82, 2.24) is 9.78 Å². The van der Waals surface area contributed by atoms with Crippen LogP contribution in [-0.4, -0.2) is 29.1 Å². The number of hydrogen-bond acceptors (Lipinski definition) is 5. The Hall–Kier alpha value is -1.11. The number of anilines is 1. The maximum absolute atomic E-state index is 5.67. The SMILES string of the molecule is Cc1nn(C)c(NN)c1COCC1CCCO1. The van der Waals surface area contributed by atoms with E-state index in [2.05, 4.69) is 10.5 Å². The van der Waals surface area contributed by atoms with E-state index in [1.165, 1.54) is 0 Å².